The van der Waals surface area contributed by atoms with Crippen molar-refractivity contribution >= 4 is 11.9 Å². The molecular formula is C13H18N2O3. The molecule has 0 aliphatic rings. The van der Waals surface area contributed by atoms with Gasteiger partial charge in [0.1, 0.15) is 0 Å². The third-order valence-corrected chi connectivity index (χ3v) is 2.69. The maximum Gasteiger partial charge on any atom is 0.303 e. The fourth-order valence-electron chi connectivity index (χ4n) is 1.55. The minimum Gasteiger partial charge on any atom is -0.481 e. The zero-order valence-corrected chi connectivity index (χ0v) is 10.5. The van der Waals surface area contributed by atoms with Crippen molar-refractivity contribution in [3.8, 4) is 0 Å². The summed E-state index contributed by atoms with van der Waals surface area (Å²) in [5.41, 5.74) is 1.13. The summed E-state index contributed by atoms with van der Waals surface area (Å²) in [5, 5.41) is 8.49. The van der Waals surface area contributed by atoms with Crippen molar-refractivity contribution < 1.29 is 14.7 Å². The summed E-state index contributed by atoms with van der Waals surface area (Å²) in [7, 11) is 1.74. The van der Waals surface area contributed by atoms with E-state index in [2.05, 4.69) is 4.98 Å². The molecule has 0 aromatic carbocycles. The monoisotopic (exact) mass is 250 g/mol. The molecule has 1 amide bonds. The first-order chi connectivity index (χ1) is 8.59. The topological polar surface area (TPSA) is 70.5 Å². The zero-order valence-electron chi connectivity index (χ0n) is 10.5. The number of amides is 1. The van der Waals surface area contributed by atoms with E-state index in [1.807, 2.05) is 12.1 Å². The summed E-state index contributed by atoms with van der Waals surface area (Å²) in [4.78, 5) is 27.6. The van der Waals surface area contributed by atoms with Crippen molar-refractivity contribution in [1.29, 1.82) is 0 Å². The summed E-state index contributed by atoms with van der Waals surface area (Å²) >= 11 is 0. The van der Waals surface area contributed by atoms with E-state index in [9.17, 15) is 9.59 Å². The van der Waals surface area contributed by atoms with Crippen molar-refractivity contribution in [2.24, 2.45) is 0 Å². The average Bonchev–Trinajstić information content (AvgIpc) is 2.36. The number of likely N-dealkylation sites (N-methyl/N-ethyl adjacent to an activating group) is 1. The quantitative estimate of drug-likeness (QED) is 0.792. The first-order valence-corrected chi connectivity index (χ1v) is 5.94. The minimum absolute atomic E-state index is 0.00898. The van der Waals surface area contributed by atoms with Gasteiger partial charge in [0.05, 0.1) is 0 Å². The highest BCUT2D eigenvalue weighted by Gasteiger charge is 2.09. The van der Waals surface area contributed by atoms with Crippen LogP contribution in [-0.2, 0) is 16.0 Å². The largest absolute Gasteiger partial charge is 0.481 e. The smallest absolute Gasteiger partial charge is 0.303 e. The SMILES string of the molecule is CN(CCc1ccncc1)C(=O)CCCC(=O)O. The molecule has 0 unspecified atom stereocenters. The Labute approximate surface area is 106 Å². The molecule has 0 aliphatic carbocycles. The molecule has 0 radical (unpaired) electrons. The Balaban J connectivity index is 2.25. The molecular weight excluding hydrogens is 232 g/mol. The van der Waals surface area contributed by atoms with E-state index in [1.165, 1.54) is 0 Å². The van der Waals surface area contributed by atoms with Crippen LogP contribution in [0.2, 0.25) is 0 Å². The molecule has 0 fully saturated rings. The fraction of sp³-hybridized carbons (Fsp3) is 0.462. The Hall–Kier alpha value is -1.91. The molecule has 0 atom stereocenters. The van der Waals surface area contributed by atoms with Gasteiger partial charge in [-0.3, -0.25) is 14.6 Å². The number of rotatable bonds is 7. The summed E-state index contributed by atoms with van der Waals surface area (Å²) in [6.07, 6.45) is 4.97. The molecule has 0 saturated heterocycles. The van der Waals surface area contributed by atoms with Gasteiger partial charge in [0.15, 0.2) is 0 Å². The van der Waals surface area contributed by atoms with Gasteiger partial charge in [-0.25, -0.2) is 0 Å². The van der Waals surface area contributed by atoms with Crippen molar-refractivity contribution in [1.82, 2.24) is 9.88 Å². The van der Waals surface area contributed by atoms with Crippen LogP contribution in [0.1, 0.15) is 24.8 Å². The summed E-state index contributed by atoms with van der Waals surface area (Å²) in [5.74, 6) is -0.868. The first kappa shape index (κ1) is 14.2. The Morgan fingerprint density at radius 3 is 2.56 bits per heavy atom. The van der Waals surface area contributed by atoms with E-state index < -0.39 is 5.97 Å². The predicted molar refractivity (Wildman–Crippen MR) is 67.1 cm³/mol. The summed E-state index contributed by atoms with van der Waals surface area (Å²) in [6.45, 7) is 0.635. The molecule has 0 spiro atoms. The van der Waals surface area contributed by atoms with E-state index in [0.29, 0.717) is 19.4 Å². The molecule has 1 heterocycles. The number of hydrogen-bond acceptors (Lipinski definition) is 3. The Morgan fingerprint density at radius 2 is 1.94 bits per heavy atom. The molecule has 1 aromatic heterocycles. The lowest BCUT2D eigenvalue weighted by atomic mass is 10.2. The van der Waals surface area contributed by atoms with E-state index in [1.54, 1.807) is 24.3 Å². The second-order valence-electron chi connectivity index (χ2n) is 4.17. The number of carbonyl (C=O) groups excluding carboxylic acids is 1. The van der Waals surface area contributed by atoms with Crippen LogP contribution in [0.3, 0.4) is 0 Å². The minimum atomic E-state index is -0.859. The molecule has 5 heteroatoms. The zero-order chi connectivity index (χ0) is 13.4. The number of nitrogens with zero attached hydrogens (tertiary/aromatic N) is 2. The van der Waals surface area contributed by atoms with Crippen LogP contribution in [0.5, 0.6) is 0 Å². The molecule has 98 valence electrons. The van der Waals surface area contributed by atoms with Gasteiger partial charge in [0.2, 0.25) is 5.91 Å². The number of carboxylic acids is 1. The Kier molecular flexibility index (Phi) is 5.84. The lowest BCUT2D eigenvalue weighted by Gasteiger charge is -2.16. The highest BCUT2D eigenvalue weighted by Crippen LogP contribution is 2.03. The third kappa shape index (κ3) is 5.43. The maximum absolute atomic E-state index is 11.7. The van der Waals surface area contributed by atoms with Gasteiger partial charge < -0.3 is 10.0 Å². The molecule has 0 bridgehead atoms. The van der Waals surface area contributed by atoms with Gasteiger partial charge in [0.25, 0.3) is 0 Å². The van der Waals surface area contributed by atoms with Crippen LogP contribution in [0.25, 0.3) is 0 Å². The van der Waals surface area contributed by atoms with Crippen LogP contribution in [0, 0.1) is 0 Å². The van der Waals surface area contributed by atoms with Gasteiger partial charge >= 0.3 is 5.97 Å². The van der Waals surface area contributed by atoms with Crippen LogP contribution >= 0.6 is 0 Å². The van der Waals surface area contributed by atoms with E-state index in [4.69, 9.17) is 5.11 Å². The predicted octanol–water partition coefficient (Wildman–Crippen LogP) is 1.34. The normalized spacial score (nSPS) is 10.1. The Morgan fingerprint density at radius 1 is 1.28 bits per heavy atom. The van der Waals surface area contributed by atoms with E-state index in [0.717, 1.165) is 12.0 Å². The van der Waals surface area contributed by atoms with Crippen LogP contribution in [0.15, 0.2) is 24.5 Å². The number of aliphatic carboxylic acids is 1. The van der Waals surface area contributed by atoms with Crippen LogP contribution < -0.4 is 0 Å². The first-order valence-electron chi connectivity index (χ1n) is 5.94. The highest BCUT2D eigenvalue weighted by atomic mass is 16.4. The standard InChI is InChI=1S/C13H18N2O3/c1-15(12(16)3-2-4-13(17)18)10-7-11-5-8-14-9-6-11/h5-6,8-9H,2-4,7,10H2,1H3,(H,17,18). The number of pyridine rings is 1. The molecule has 18 heavy (non-hydrogen) atoms. The van der Waals surface area contributed by atoms with Gasteiger partial charge in [-0.2, -0.15) is 0 Å². The van der Waals surface area contributed by atoms with E-state index >= 15 is 0 Å². The number of hydrogen-bond donors (Lipinski definition) is 1. The maximum atomic E-state index is 11.7. The second-order valence-corrected chi connectivity index (χ2v) is 4.17. The molecule has 1 aromatic rings. The van der Waals surface area contributed by atoms with Crippen molar-refractivity contribution in [3.63, 3.8) is 0 Å². The molecule has 1 rings (SSSR count). The number of aromatic nitrogens is 1. The van der Waals surface area contributed by atoms with Crippen molar-refractivity contribution in [3.05, 3.63) is 30.1 Å². The van der Waals surface area contributed by atoms with Crippen molar-refractivity contribution in [2.45, 2.75) is 25.7 Å². The molecule has 0 aliphatic heterocycles. The van der Waals surface area contributed by atoms with Gasteiger partial charge in [0, 0.05) is 38.8 Å². The van der Waals surface area contributed by atoms with Gasteiger partial charge in [-0.15, -0.1) is 0 Å². The molecule has 0 saturated carbocycles. The summed E-state index contributed by atoms with van der Waals surface area (Å²) in [6, 6.07) is 3.84. The Bertz CT molecular complexity index is 392. The second kappa shape index (κ2) is 7.42. The average molecular weight is 250 g/mol. The van der Waals surface area contributed by atoms with Crippen LogP contribution in [-0.4, -0.2) is 40.5 Å². The third-order valence-electron chi connectivity index (χ3n) is 2.69. The number of carbonyl (C=O) groups is 2. The molecule has 1 N–H and O–H groups in total. The lowest BCUT2D eigenvalue weighted by Crippen LogP contribution is -2.28. The van der Waals surface area contributed by atoms with E-state index in [-0.39, 0.29) is 12.3 Å². The van der Waals surface area contributed by atoms with Gasteiger partial charge in [-0.1, -0.05) is 0 Å². The van der Waals surface area contributed by atoms with Crippen molar-refractivity contribution in [2.75, 3.05) is 13.6 Å². The summed E-state index contributed by atoms with van der Waals surface area (Å²) < 4.78 is 0. The fourth-order valence-corrected chi connectivity index (χ4v) is 1.55. The van der Waals surface area contributed by atoms with Crippen LogP contribution in [0.4, 0.5) is 0 Å². The number of carboxylic acid groups (broad SMARTS) is 1. The molecule has 5 nitrogen and oxygen atoms in total. The van der Waals surface area contributed by atoms with Gasteiger partial charge in [-0.05, 0) is 30.5 Å². The lowest BCUT2D eigenvalue weighted by molar-refractivity contribution is -0.137. The highest BCUT2D eigenvalue weighted by molar-refractivity contribution is 5.76.